The van der Waals surface area contributed by atoms with Gasteiger partial charge in [-0.1, -0.05) is 17.8 Å². The second kappa shape index (κ2) is 10.1. The Balaban J connectivity index is 1.98. The molecule has 0 unspecified atom stereocenters. The van der Waals surface area contributed by atoms with Crippen LogP contribution in [0.15, 0.2) is 63.7 Å². The van der Waals surface area contributed by atoms with E-state index in [1.165, 1.54) is 13.2 Å². The normalized spacial score (nSPS) is 16.1. The maximum atomic E-state index is 12.5. The Morgan fingerprint density at radius 1 is 1.10 bits per heavy atom. The van der Waals surface area contributed by atoms with Crippen molar-refractivity contribution in [1.82, 2.24) is 0 Å². The first-order valence-corrected chi connectivity index (χ1v) is 10.5. The van der Waals surface area contributed by atoms with Gasteiger partial charge in [-0.2, -0.15) is 0 Å². The third-order valence-corrected chi connectivity index (χ3v) is 5.27. The van der Waals surface area contributed by atoms with Crippen LogP contribution in [-0.4, -0.2) is 41.5 Å². The molecule has 2 N–H and O–H groups in total. The fourth-order valence-electron chi connectivity index (χ4n) is 2.84. The zero-order valence-electron chi connectivity index (χ0n) is 17.4. The number of methoxy groups -OCH3 is 1. The first kappa shape index (κ1) is 22.3. The van der Waals surface area contributed by atoms with Gasteiger partial charge < -0.3 is 24.4 Å². The molecule has 0 radical (unpaired) electrons. The molecule has 1 aliphatic rings. The number of esters is 1. The molecule has 1 heterocycles. The smallest absolute Gasteiger partial charge is 0.344 e. The number of benzene rings is 2. The van der Waals surface area contributed by atoms with Gasteiger partial charge in [0.25, 0.3) is 0 Å². The van der Waals surface area contributed by atoms with Gasteiger partial charge in [0.15, 0.2) is 11.5 Å². The highest BCUT2D eigenvalue weighted by Gasteiger charge is 2.33. The first-order chi connectivity index (χ1) is 15.0. The summed E-state index contributed by atoms with van der Waals surface area (Å²) in [6.07, 6.45) is 1.65. The largest absolute Gasteiger partial charge is 0.506 e. The zero-order chi connectivity index (χ0) is 22.4. The fraction of sp³-hybridized carbons (Fsp3) is 0.217. The zero-order valence-corrected chi connectivity index (χ0v) is 18.2. The monoisotopic (exact) mass is 441 g/mol. The molecule has 31 heavy (non-hydrogen) atoms. The highest BCUT2D eigenvalue weighted by Crippen LogP contribution is 2.41. The molecule has 3 rings (SSSR count). The van der Waals surface area contributed by atoms with E-state index in [2.05, 4.69) is 4.99 Å². The number of carbonyl (C=O) groups is 1. The number of nitrogens with zero attached hydrogens (tertiary/aromatic N) is 1. The van der Waals surface area contributed by atoms with Crippen molar-refractivity contribution in [1.29, 1.82) is 0 Å². The van der Waals surface area contributed by atoms with Crippen molar-refractivity contribution in [2.24, 2.45) is 4.99 Å². The highest BCUT2D eigenvalue weighted by atomic mass is 32.2. The minimum absolute atomic E-state index is 0.00437. The highest BCUT2D eigenvalue weighted by molar-refractivity contribution is 8.18. The molecule has 8 heteroatoms. The van der Waals surface area contributed by atoms with Crippen LogP contribution in [0.2, 0.25) is 0 Å². The molecule has 0 aliphatic carbocycles. The molecule has 0 fully saturated rings. The molecule has 7 nitrogen and oxygen atoms in total. The molecule has 0 saturated carbocycles. The van der Waals surface area contributed by atoms with Gasteiger partial charge in [-0.15, -0.1) is 0 Å². The number of aliphatic imine (C=N–C) groups is 1. The average molecular weight is 442 g/mol. The summed E-state index contributed by atoms with van der Waals surface area (Å²) in [6.45, 7) is 4.32. The van der Waals surface area contributed by atoms with Gasteiger partial charge >= 0.3 is 5.97 Å². The second-order valence-electron chi connectivity index (χ2n) is 6.33. The Morgan fingerprint density at radius 2 is 1.84 bits per heavy atom. The van der Waals surface area contributed by atoms with Crippen molar-refractivity contribution >= 4 is 34.5 Å². The summed E-state index contributed by atoms with van der Waals surface area (Å²) in [5.41, 5.74) is 1.23. The number of hydrogen-bond donors (Lipinski definition) is 2. The Morgan fingerprint density at radius 3 is 2.45 bits per heavy atom. The van der Waals surface area contributed by atoms with E-state index in [-0.39, 0.29) is 23.7 Å². The number of aliphatic hydroxyl groups excluding tert-OH is 1. The molecule has 0 bridgehead atoms. The summed E-state index contributed by atoms with van der Waals surface area (Å²) in [5.74, 6) is 0.152. The van der Waals surface area contributed by atoms with Crippen LogP contribution in [0.5, 0.6) is 17.2 Å². The Hall–Kier alpha value is -3.39. The van der Waals surface area contributed by atoms with Gasteiger partial charge in [0, 0.05) is 0 Å². The summed E-state index contributed by atoms with van der Waals surface area (Å²) in [6, 6.07) is 11.9. The number of aliphatic hydroxyl groups is 1. The van der Waals surface area contributed by atoms with Crippen LogP contribution < -0.4 is 9.47 Å². The fourth-order valence-corrected chi connectivity index (χ4v) is 3.88. The molecule has 0 saturated heterocycles. The van der Waals surface area contributed by atoms with Crippen LogP contribution in [0.3, 0.4) is 0 Å². The molecule has 2 aromatic rings. The lowest BCUT2D eigenvalue weighted by Gasteiger charge is -2.05. The van der Waals surface area contributed by atoms with E-state index >= 15 is 0 Å². The number of phenolic OH excluding ortho intramolecular Hbond substituents is 1. The SMILES string of the molecule is CCOC(=O)C1=C(O)/C(=C\c2ccc(OC)c(O)c2)SC1=Nc1ccc(OCC)cc1. The van der Waals surface area contributed by atoms with Gasteiger partial charge in [0.05, 0.1) is 30.9 Å². The van der Waals surface area contributed by atoms with E-state index in [9.17, 15) is 15.0 Å². The molecule has 0 spiro atoms. The Labute approximate surface area is 184 Å². The molecule has 0 atom stereocenters. The summed E-state index contributed by atoms with van der Waals surface area (Å²) in [5, 5.41) is 21.1. The Kier molecular flexibility index (Phi) is 7.25. The van der Waals surface area contributed by atoms with Crippen molar-refractivity contribution in [3.05, 3.63) is 64.3 Å². The summed E-state index contributed by atoms with van der Waals surface area (Å²) < 4.78 is 15.6. The number of thioether (sulfide) groups is 1. The van der Waals surface area contributed by atoms with Crippen LogP contribution in [0, 0.1) is 0 Å². The van der Waals surface area contributed by atoms with Crippen LogP contribution in [0.25, 0.3) is 6.08 Å². The topological polar surface area (TPSA) is 97.6 Å². The van der Waals surface area contributed by atoms with Crippen molar-refractivity contribution in [2.75, 3.05) is 20.3 Å². The Bertz CT molecular complexity index is 1060. The molecule has 2 aromatic carbocycles. The van der Waals surface area contributed by atoms with E-state index in [1.807, 2.05) is 6.92 Å². The number of carbonyl (C=O) groups excluding carboxylic acids is 1. The average Bonchev–Trinajstić information content (AvgIpc) is 3.04. The van der Waals surface area contributed by atoms with Crippen LogP contribution in [0.4, 0.5) is 5.69 Å². The molecule has 162 valence electrons. The lowest BCUT2D eigenvalue weighted by molar-refractivity contribution is -0.138. The van der Waals surface area contributed by atoms with Crippen LogP contribution in [-0.2, 0) is 9.53 Å². The van der Waals surface area contributed by atoms with E-state index in [0.717, 1.165) is 17.5 Å². The molecular formula is C23H23NO6S. The number of ether oxygens (including phenoxy) is 3. The summed E-state index contributed by atoms with van der Waals surface area (Å²) in [4.78, 5) is 17.4. The van der Waals surface area contributed by atoms with Crippen molar-refractivity contribution < 1.29 is 29.2 Å². The third-order valence-electron chi connectivity index (χ3n) is 4.25. The maximum absolute atomic E-state index is 12.5. The van der Waals surface area contributed by atoms with Crippen molar-refractivity contribution in [3.63, 3.8) is 0 Å². The summed E-state index contributed by atoms with van der Waals surface area (Å²) >= 11 is 1.14. The van der Waals surface area contributed by atoms with Gasteiger partial charge in [0.2, 0.25) is 0 Å². The quantitative estimate of drug-likeness (QED) is 0.584. The van der Waals surface area contributed by atoms with Crippen LogP contribution >= 0.6 is 11.8 Å². The minimum atomic E-state index is -0.654. The van der Waals surface area contributed by atoms with Crippen molar-refractivity contribution in [3.8, 4) is 17.2 Å². The van der Waals surface area contributed by atoms with Gasteiger partial charge in [-0.25, -0.2) is 9.79 Å². The van der Waals surface area contributed by atoms with Crippen molar-refractivity contribution in [2.45, 2.75) is 13.8 Å². The molecular weight excluding hydrogens is 418 g/mol. The van der Waals surface area contributed by atoms with E-state index in [0.29, 0.717) is 33.6 Å². The lowest BCUT2D eigenvalue weighted by Crippen LogP contribution is -2.12. The number of phenols is 1. The third kappa shape index (κ3) is 5.21. The van der Waals surface area contributed by atoms with E-state index < -0.39 is 5.97 Å². The predicted molar refractivity (Wildman–Crippen MR) is 121 cm³/mol. The number of rotatable bonds is 7. The second-order valence-corrected chi connectivity index (χ2v) is 7.36. The number of aromatic hydroxyl groups is 1. The number of hydrogen-bond acceptors (Lipinski definition) is 8. The van der Waals surface area contributed by atoms with Gasteiger partial charge in [0.1, 0.15) is 22.1 Å². The first-order valence-electron chi connectivity index (χ1n) is 9.66. The van der Waals surface area contributed by atoms with Gasteiger partial charge in [-0.05, 0) is 61.9 Å². The standard InChI is InChI=1S/C23H23NO6S/c1-4-29-16-9-7-15(8-10-16)24-22-20(23(27)30-5-2)21(26)19(31-22)13-14-6-11-18(28-3)17(25)12-14/h6-13,25-26H,4-5H2,1-3H3/b19-13+,24-22?. The maximum Gasteiger partial charge on any atom is 0.344 e. The molecule has 1 aliphatic heterocycles. The minimum Gasteiger partial charge on any atom is -0.506 e. The predicted octanol–water partition coefficient (Wildman–Crippen LogP) is 4.99. The van der Waals surface area contributed by atoms with E-state index in [4.69, 9.17) is 14.2 Å². The van der Waals surface area contributed by atoms with E-state index in [1.54, 1.807) is 49.4 Å². The molecule has 0 aromatic heterocycles. The summed E-state index contributed by atoms with van der Waals surface area (Å²) in [7, 11) is 1.46. The lowest BCUT2D eigenvalue weighted by atomic mass is 10.1. The van der Waals surface area contributed by atoms with Gasteiger partial charge in [-0.3, -0.25) is 0 Å². The molecule has 0 amide bonds. The van der Waals surface area contributed by atoms with Crippen LogP contribution in [0.1, 0.15) is 19.4 Å².